The summed E-state index contributed by atoms with van der Waals surface area (Å²) in [6.45, 7) is 6.16. The summed E-state index contributed by atoms with van der Waals surface area (Å²) in [5.41, 5.74) is 3.43. The lowest BCUT2D eigenvalue weighted by atomic mass is 10.0. The van der Waals surface area contributed by atoms with Gasteiger partial charge < -0.3 is 5.32 Å². The zero-order valence-electron chi connectivity index (χ0n) is 18.5. The molecule has 1 aliphatic rings. The summed E-state index contributed by atoms with van der Waals surface area (Å²) in [7, 11) is -3.81. The summed E-state index contributed by atoms with van der Waals surface area (Å²) in [4.78, 5) is 12.7. The predicted molar refractivity (Wildman–Crippen MR) is 130 cm³/mol. The van der Waals surface area contributed by atoms with Gasteiger partial charge in [-0.05, 0) is 74.6 Å². The molecule has 31 heavy (non-hydrogen) atoms. The predicted octanol–water partition coefficient (Wildman–Crippen LogP) is 5.21. The van der Waals surface area contributed by atoms with Crippen LogP contribution in [0.5, 0.6) is 0 Å². The summed E-state index contributed by atoms with van der Waals surface area (Å²) in [5.74, 6) is 0.633. The van der Waals surface area contributed by atoms with Crippen molar-refractivity contribution in [3.8, 4) is 0 Å². The molecule has 1 aliphatic carbocycles. The van der Waals surface area contributed by atoms with Crippen molar-refractivity contribution in [3.05, 3.63) is 58.7 Å². The lowest BCUT2D eigenvalue weighted by Crippen LogP contribution is -2.27. The van der Waals surface area contributed by atoms with E-state index < -0.39 is 10.0 Å². The highest BCUT2D eigenvalue weighted by atomic mass is 32.2. The standard InChI is InChI=1S/C24H32N2O3S2/c1-17-13-18(2)15-21(14-17)26-31(28,29)23-16-20(10-9-19(23)3)24(27)25-11-12-30-22-7-5-4-6-8-22/h9-10,13-16,22,26H,4-8,11-12H2,1-3H3,(H,25,27). The molecule has 0 aliphatic heterocycles. The van der Waals surface area contributed by atoms with Crippen LogP contribution in [0.4, 0.5) is 5.69 Å². The number of hydrogen-bond acceptors (Lipinski definition) is 4. The molecule has 0 atom stereocenters. The summed E-state index contributed by atoms with van der Waals surface area (Å²) < 4.78 is 28.7. The molecule has 0 spiro atoms. The fraction of sp³-hybridized carbons (Fsp3) is 0.458. The first-order chi connectivity index (χ1) is 14.7. The molecule has 1 amide bonds. The van der Waals surface area contributed by atoms with E-state index in [0.717, 1.165) is 16.9 Å². The minimum absolute atomic E-state index is 0.121. The molecule has 3 rings (SSSR count). The van der Waals surface area contributed by atoms with Crippen LogP contribution in [0.25, 0.3) is 0 Å². The monoisotopic (exact) mass is 460 g/mol. The Bertz CT molecular complexity index is 1010. The highest BCUT2D eigenvalue weighted by molar-refractivity contribution is 7.99. The number of thioether (sulfide) groups is 1. The molecule has 2 aromatic rings. The Hall–Kier alpha value is -1.99. The molecule has 0 aromatic heterocycles. The normalized spacial score (nSPS) is 14.9. The molecule has 0 radical (unpaired) electrons. The van der Waals surface area contributed by atoms with Crippen molar-refractivity contribution in [2.45, 2.75) is 63.0 Å². The SMILES string of the molecule is Cc1cc(C)cc(NS(=O)(=O)c2cc(C(=O)NCCSC3CCCCC3)ccc2C)c1. The molecule has 168 valence electrons. The van der Waals surface area contributed by atoms with Crippen LogP contribution in [0.1, 0.15) is 59.2 Å². The lowest BCUT2D eigenvalue weighted by Gasteiger charge is -2.20. The molecule has 2 N–H and O–H groups in total. The first kappa shape index (κ1) is 23.7. The summed E-state index contributed by atoms with van der Waals surface area (Å²) in [6, 6.07) is 10.4. The zero-order chi connectivity index (χ0) is 22.4. The minimum Gasteiger partial charge on any atom is -0.351 e. The Morgan fingerprint density at radius 1 is 1.00 bits per heavy atom. The Morgan fingerprint density at radius 2 is 1.68 bits per heavy atom. The average Bonchev–Trinajstić information content (AvgIpc) is 2.71. The van der Waals surface area contributed by atoms with E-state index in [1.54, 1.807) is 31.2 Å². The third kappa shape index (κ3) is 6.74. The van der Waals surface area contributed by atoms with Gasteiger partial charge in [0.2, 0.25) is 0 Å². The van der Waals surface area contributed by atoms with Crippen LogP contribution in [0, 0.1) is 20.8 Å². The van der Waals surface area contributed by atoms with E-state index in [9.17, 15) is 13.2 Å². The summed E-state index contributed by atoms with van der Waals surface area (Å²) in [6.07, 6.45) is 6.49. The van der Waals surface area contributed by atoms with Crippen LogP contribution in [0.15, 0.2) is 41.3 Å². The van der Waals surface area contributed by atoms with Crippen LogP contribution in [-0.2, 0) is 10.0 Å². The molecule has 1 saturated carbocycles. The number of amides is 1. The van der Waals surface area contributed by atoms with Gasteiger partial charge in [-0.2, -0.15) is 11.8 Å². The number of benzene rings is 2. The quantitative estimate of drug-likeness (QED) is 0.531. The van der Waals surface area contributed by atoms with Gasteiger partial charge in [0.25, 0.3) is 15.9 Å². The van der Waals surface area contributed by atoms with Crippen LogP contribution in [-0.4, -0.2) is 31.9 Å². The maximum atomic E-state index is 13.0. The number of hydrogen-bond donors (Lipinski definition) is 2. The van der Waals surface area contributed by atoms with Crippen molar-refractivity contribution < 1.29 is 13.2 Å². The van der Waals surface area contributed by atoms with Gasteiger partial charge in [0.1, 0.15) is 0 Å². The fourth-order valence-electron chi connectivity index (χ4n) is 4.00. The van der Waals surface area contributed by atoms with E-state index in [1.807, 2.05) is 31.7 Å². The van der Waals surface area contributed by atoms with Gasteiger partial charge in [-0.15, -0.1) is 0 Å². The van der Waals surface area contributed by atoms with Crippen LogP contribution in [0.2, 0.25) is 0 Å². The van der Waals surface area contributed by atoms with Gasteiger partial charge in [-0.25, -0.2) is 8.42 Å². The van der Waals surface area contributed by atoms with Crippen molar-refractivity contribution in [2.75, 3.05) is 17.0 Å². The number of rotatable bonds is 8. The van der Waals surface area contributed by atoms with E-state index in [2.05, 4.69) is 10.0 Å². The Morgan fingerprint density at radius 3 is 2.35 bits per heavy atom. The molecule has 0 unspecified atom stereocenters. The number of nitrogens with one attached hydrogen (secondary N) is 2. The van der Waals surface area contributed by atoms with Crippen LogP contribution < -0.4 is 10.0 Å². The van der Waals surface area contributed by atoms with Crippen molar-refractivity contribution in [1.82, 2.24) is 5.32 Å². The highest BCUT2D eigenvalue weighted by Crippen LogP contribution is 2.28. The fourth-order valence-corrected chi connectivity index (χ4v) is 6.53. The number of carbonyl (C=O) groups is 1. The van der Waals surface area contributed by atoms with Crippen molar-refractivity contribution in [3.63, 3.8) is 0 Å². The molecule has 0 heterocycles. The van der Waals surface area contributed by atoms with Gasteiger partial charge in [-0.1, -0.05) is 31.4 Å². The molecular weight excluding hydrogens is 428 g/mol. The lowest BCUT2D eigenvalue weighted by molar-refractivity contribution is 0.0956. The molecule has 7 heteroatoms. The van der Waals surface area contributed by atoms with Gasteiger partial charge in [0.15, 0.2) is 0 Å². The molecule has 1 fully saturated rings. The van der Waals surface area contributed by atoms with Gasteiger partial charge in [0, 0.05) is 28.8 Å². The molecular formula is C24H32N2O3S2. The topological polar surface area (TPSA) is 75.3 Å². The number of aryl methyl sites for hydroxylation is 3. The van der Waals surface area contributed by atoms with Crippen molar-refractivity contribution in [2.24, 2.45) is 0 Å². The Kier molecular flexibility index (Phi) is 8.06. The smallest absolute Gasteiger partial charge is 0.262 e. The van der Waals surface area contributed by atoms with Crippen molar-refractivity contribution >= 4 is 33.4 Å². The molecule has 2 aromatic carbocycles. The number of carbonyl (C=O) groups excluding carboxylic acids is 1. The highest BCUT2D eigenvalue weighted by Gasteiger charge is 2.20. The van der Waals surface area contributed by atoms with Gasteiger partial charge >= 0.3 is 0 Å². The summed E-state index contributed by atoms with van der Waals surface area (Å²) >= 11 is 1.93. The van der Waals surface area contributed by atoms with Crippen LogP contribution >= 0.6 is 11.8 Å². The van der Waals surface area contributed by atoms with E-state index in [-0.39, 0.29) is 10.8 Å². The third-order valence-electron chi connectivity index (χ3n) is 5.51. The Balaban J connectivity index is 1.64. The maximum absolute atomic E-state index is 13.0. The van der Waals surface area contributed by atoms with Crippen molar-refractivity contribution in [1.29, 1.82) is 0 Å². The second-order valence-electron chi connectivity index (χ2n) is 8.35. The van der Waals surface area contributed by atoms with E-state index >= 15 is 0 Å². The Labute approximate surface area is 190 Å². The molecule has 0 bridgehead atoms. The van der Waals surface area contributed by atoms with Gasteiger partial charge in [0.05, 0.1) is 4.90 Å². The minimum atomic E-state index is -3.81. The third-order valence-corrected chi connectivity index (χ3v) is 8.41. The first-order valence-electron chi connectivity index (χ1n) is 10.9. The number of anilines is 1. The largest absolute Gasteiger partial charge is 0.351 e. The first-order valence-corrected chi connectivity index (χ1v) is 13.4. The zero-order valence-corrected chi connectivity index (χ0v) is 20.2. The summed E-state index contributed by atoms with van der Waals surface area (Å²) in [5, 5.41) is 3.63. The van der Waals surface area contributed by atoms with E-state index in [0.29, 0.717) is 28.6 Å². The molecule has 0 saturated heterocycles. The number of sulfonamides is 1. The second-order valence-corrected chi connectivity index (χ2v) is 11.4. The second kappa shape index (κ2) is 10.6. The van der Waals surface area contributed by atoms with Crippen LogP contribution in [0.3, 0.4) is 0 Å². The van der Waals surface area contributed by atoms with E-state index in [1.165, 1.54) is 38.2 Å². The maximum Gasteiger partial charge on any atom is 0.262 e. The van der Waals surface area contributed by atoms with Gasteiger partial charge in [-0.3, -0.25) is 9.52 Å². The molecule has 5 nitrogen and oxygen atoms in total. The van der Waals surface area contributed by atoms with E-state index in [4.69, 9.17) is 0 Å². The average molecular weight is 461 g/mol.